The maximum atomic E-state index is 13.0. The lowest BCUT2D eigenvalue weighted by molar-refractivity contribution is -0.127. The van der Waals surface area contributed by atoms with E-state index in [1.165, 1.54) is 18.2 Å². The highest BCUT2D eigenvalue weighted by molar-refractivity contribution is 8.18. The first-order valence-electron chi connectivity index (χ1n) is 11.6. The summed E-state index contributed by atoms with van der Waals surface area (Å²) in [5, 5.41) is 2.84. The first-order chi connectivity index (χ1) is 18.1. The molecule has 196 valence electrons. The third-order valence-electron chi connectivity index (χ3n) is 5.76. The Labute approximate surface area is 233 Å². The molecule has 1 fully saturated rings. The van der Waals surface area contributed by atoms with Crippen molar-refractivity contribution >= 4 is 69.8 Å². The molecule has 3 amide bonds. The Morgan fingerprint density at radius 3 is 2.45 bits per heavy atom. The van der Waals surface area contributed by atoms with E-state index >= 15 is 0 Å². The Bertz CT molecular complexity index is 1480. The zero-order valence-corrected chi connectivity index (χ0v) is 23.0. The highest BCUT2D eigenvalue weighted by Crippen LogP contribution is 2.34. The molecule has 0 unspecified atom stereocenters. The van der Waals surface area contributed by atoms with Crippen molar-refractivity contribution in [3.63, 3.8) is 0 Å². The molecule has 0 atom stereocenters. The summed E-state index contributed by atoms with van der Waals surface area (Å²) >= 11 is 12.8. The number of hydrogen-bond acceptors (Lipinski definition) is 6. The van der Waals surface area contributed by atoms with Crippen LogP contribution in [0.25, 0.3) is 11.8 Å². The van der Waals surface area contributed by atoms with Gasteiger partial charge in [0.15, 0.2) is 0 Å². The number of ether oxygens (including phenoxy) is 1. The molecule has 0 spiro atoms. The van der Waals surface area contributed by atoms with Crippen LogP contribution >= 0.6 is 35.0 Å². The number of esters is 1. The number of benzene rings is 2. The number of aromatic nitrogens is 1. The van der Waals surface area contributed by atoms with Crippen LogP contribution in [0.15, 0.2) is 53.4 Å². The van der Waals surface area contributed by atoms with E-state index < -0.39 is 29.6 Å². The van der Waals surface area contributed by atoms with Crippen LogP contribution in [-0.4, -0.2) is 45.6 Å². The summed E-state index contributed by atoms with van der Waals surface area (Å²) in [5.41, 5.74) is 3.90. The number of amides is 3. The number of imide groups is 1. The van der Waals surface area contributed by atoms with E-state index in [0.717, 1.165) is 39.3 Å². The lowest BCUT2D eigenvalue weighted by Gasteiger charge is -2.13. The van der Waals surface area contributed by atoms with Gasteiger partial charge in [0.25, 0.3) is 11.1 Å². The SMILES string of the molecule is CCOC(=O)c1cc(NC(=O)CN2C(=O)S/C(=C/c3cc(C)n(-c4ccc(Cl)cc4)c3C)C2=O)ccc1Cl. The fourth-order valence-corrected chi connectivity index (χ4v) is 5.16. The molecule has 0 bridgehead atoms. The smallest absolute Gasteiger partial charge is 0.339 e. The highest BCUT2D eigenvalue weighted by Gasteiger charge is 2.36. The van der Waals surface area contributed by atoms with E-state index in [0.29, 0.717) is 5.02 Å². The van der Waals surface area contributed by atoms with Gasteiger partial charge < -0.3 is 14.6 Å². The third kappa shape index (κ3) is 5.80. The van der Waals surface area contributed by atoms with Crippen LogP contribution in [0.3, 0.4) is 0 Å². The second-order valence-corrected chi connectivity index (χ2v) is 10.2. The lowest BCUT2D eigenvalue weighted by Crippen LogP contribution is -2.36. The van der Waals surface area contributed by atoms with Crippen molar-refractivity contribution < 1.29 is 23.9 Å². The second kappa shape index (κ2) is 11.5. The molecule has 11 heteroatoms. The normalized spacial score (nSPS) is 14.3. The number of carbonyl (C=O) groups is 4. The van der Waals surface area contributed by atoms with E-state index in [-0.39, 0.29) is 27.8 Å². The Hall–Kier alpha value is -3.53. The van der Waals surface area contributed by atoms with Gasteiger partial charge in [-0.25, -0.2) is 4.79 Å². The number of thioether (sulfide) groups is 1. The van der Waals surface area contributed by atoms with Crippen molar-refractivity contribution in [3.05, 3.63) is 86.0 Å². The summed E-state index contributed by atoms with van der Waals surface area (Å²) in [6.45, 7) is 5.22. The van der Waals surface area contributed by atoms with Gasteiger partial charge in [-0.3, -0.25) is 19.3 Å². The number of carbonyl (C=O) groups excluding carboxylic acids is 4. The van der Waals surface area contributed by atoms with Crippen LogP contribution in [0.1, 0.15) is 34.2 Å². The van der Waals surface area contributed by atoms with Crippen molar-refractivity contribution in [2.45, 2.75) is 20.8 Å². The predicted molar refractivity (Wildman–Crippen MR) is 149 cm³/mol. The van der Waals surface area contributed by atoms with E-state index in [9.17, 15) is 19.2 Å². The summed E-state index contributed by atoms with van der Waals surface area (Å²) in [4.78, 5) is 51.4. The summed E-state index contributed by atoms with van der Waals surface area (Å²) in [6.07, 6.45) is 1.66. The maximum Gasteiger partial charge on any atom is 0.339 e. The van der Waals surface area contributed by atoms with Gasteiger partial charge in [-0.15, -0.1) is 0 Å². The Kier molecular flexibility index (Phi) is 8.30. The Morgan fingerprint density at radius 1 is 1.05 bits per heavy atom. The first kappa shape index (κ1) is 27.5. The molecule has 8 nitrogen and oxygen atoms in total. The Morgan fingerprint density at radius 2 is 1.76 bits per heavy atom. The molecule has 1 N–H and O–H groups in total. The molecular formula is C27H23Cl2N3O5S. The summed E-state index contributed by atoms with van der Waals surface area (Å²) in [5.74, 6) is -1.79. The van der Waals surface area contributed by atoms with Crippen LogP contribution in [-0.2, 0) is 14.3 Å². The molecule has 2 heterocycles. The van der Waals surface area contributed by atoms with Gasteiger partial charge in [-0.05, 0) is 92.7 Å². The molecule has 0 aliphatic carbocycles. The molecule has 1 aliphatic rings. The molecule has 1 saturated heterocycles. The summed E-state index contributed by atoms with van der Waals surface area (Å²) < 4.78 is 6.99. The predicted octanol–water partition coefficient (Wildman–Crippen LogP) is 6.25. The van der Waals surface area contributed by atoms with Crippen LogP contribution in [0.5, 0.6) is 0 Å². The molecule has 0 saturated carbocycles. The van der Waals surface area contributed by atoms with Gasteiger partial charge in [-0.1, -0.05) is 23.2 Å². The van der Waals surface area contributed by atoms with Crippen LogP contribution < -0.4 is 5.32 Å². The minimum Gasteiger partial charge on any atom is -0.462 e. The minimum absolute atomic E-state index is 0.0941. The molecule has 38 heavy (non-hydrogen) atoms. The average Bonchev–Trinajstić information content (AvgIpc) is 3.29. The zero-order valence-electron chi connectivity index (χ0n) is 20.7. The van der Waals surface area contributed by atoms with Crippen molar-refractivity contribution in [2.75, 3.05) is 18.5 Å². The third-order valence-corrected chi connectivity index (χ3v) is 7.25. The standard InChI is InChI=1S/C27H23Cl2N3O5S/c1-4-37-26(35)21-13-19(7-10-22(21)29)30-24(33)14-31-25(34)23(38-27(31)36)12-17-11-15(2)32(16(17)3)20-8-5-18(28)6-9-20/h5-13H,4,14H2,1-3H3,(H,30,33)/b23-12+. The molecule has 4 rings (SSSR count). The number of hydrogen-bond donors (Lipinski definition) is 1. The van der Waals surface area contributed by atoms with Crippen LogP contribution in [0.2, 0.25) is 10.0 Å². The molecule has 2 aromatic carbocycles. The minimum atomic E-state index is -0.625. The Balaban J connectivity index is 1.49. The van der Waals surface area contributed by atoms with Crippen molar-refractivity contribution in [2.24, 2.45) is 0 Å². The quantitative estimate of drug-likeness (QED) is 0.266. The topological polar surface area (TPSA) is 97.7 Å². The fraction of sp³-hybridized carbons (Fsp3) is 0.185. The van der Waals surface area contributed by atoms with Gasteiger partial charge >= 0.3 is 5.97 Å². The average molecular weight is 572 g/mol. The van der Waals surface area contributed by atoms with E-state index in [4.69, 9.17) is 27.9 Å². The number of anilines is 1. The molecule has 1 aliphatic heterocycles. The fourth-order valence-electron chi connectivity index (χ4n) is 4.01. The van der Waals surface area contributed by atoms with Crippen molar-refractivity contribution in [3.8, 4) is 5.69 Å². The first-order valence-corrected chi connectivity index (χ1v) is 13.1. The lowest BCUT2D eigenvalue weighted by atomic mass is 10.2. The maximum absolute atomic E-state index is 13.0. The van der Waals surface area contributed by atoms with E-state index in [1.807, 2.05) is 36.6 Å². The van der Waals surface area contributed by atoms with Gasteiger partial charge in [0.05, 0.1) is 22.1 Å². The molecule has 1 aromatic heterocycles. The van der Waals surface area contributed by atoms with E-state index in [1.54, 1.807) is 25.1 Å². The summed E-state index contributed by atoms with van der Waals surface area (Å²) in [7, 11) is 0. The van der Waals surface area contributed by atoms with Gasteiger partial charge in [0.1, 0.15) is 6.54 Å². The largest absolute Gasteiger partial charge is 0.462 e. The van der Waals surface area contributed by atoms with Crippen LogP contribution in [0, 0.1) is 13.8 Å². The van der Waals surface area contributed by atoms with Gasteiger partial charge in [0.2, 0.25) is 5.91 Å². The van der Waals surface area contributed by atoms with Gasteiger partial charge in [0, 0.05) is 27.8 Å². The number of nitrogens with zero attached hydrogens (tertiary/aromatic N) is 2. The zero-order chi connectivity index (χ0) is 27.6. The second-order valence-electron chi connectivity index (χ2n) is 8.37. The number of halogens is 2. The number of nitrogens with one attached hydrogen (secondary N) is 1. The number of rotatable bonds is 7. The van der Waals surface area contributed by atoms with Crippen LogP contribution in [0.4, 0.5) is 10.5 Å². The van der Waals surface area contributed by atoms with Gasteiger partial charge in [-0.2, -0.15) is 0 Å². The molecule has 3 aromatic rings. The number of aryl methyl sites for hydroxylation is 1. The molecular weight excluding hydrogens is 549 g/mol. The van der Waals surface area contributed by atoms with E-state index in [2.05, 4.69) is 5.32 Å². The highest BCUT2D eigenvalue weighted by atomic mass is 35.5. The van der Waals surface area contributed by atoms with Crippen molar-refractivity contribution in [1.29, 1.82) is 0 Å². The monoisotopic (exact) mass is 571 g/mol. The molecule has 0 radical (unpaired) electrons. The summed E-state index contributed by atoms with van der Waals surface area (Å²) in [6, 6.07) is 13.7. The van der Waals surface area contributed by atoms with Crippen molar-refractivity contribution in [1.82, 2.24) is 9.47 Å².